The fraction of sp³-hybridized carbons (Fsp3) is 0.190. The minimum absolute atomic E-state index is 0.164. The second-order valence-corrected chi connectivity index (χ2v) is 7.76. The van der Waals surface area contributed by atoms with Gasteiger partial charge < -0.3 is 10.6 Å². The molecule has 0 spiro atoms. The van der Waals surface area contributed by atoms with Crippen LogP contribution in [0.1, 0.15) is 19.4 Å². The van der Waals surface area contributed by atoms with Gasteiger partial charge in [-0.3, -0.25) is 10.1 Å². The lowest BCUT2D eigenvalue weighted by molar-refractivity contribution is -0.118. The van der Waals surface area contributed by atoms with E-state index in [1.807, 2.05) is 50.2 Å². The van der Waals surface area contributed by atoms with Gasteiger partial charge in [-0.05, 0) is 24.1 Å². The molecule has 3 amide bonds. The minimum Gasteiger partial charge on any atom is -0.326 e. The first-order chi connectivity index (χ1) is 14.5. The fourth-order valence-electron chi connectivity index (χ4n) is 2.66. The minimum atomic E-state index is -0.784. The Morgan fingerprint density at radius 3 is 2.50 bits per heavy atom. The average molecular weight is 420 g/mol. The van der Waals surface area contributed by atoms with Crippen LogP contribution in [0, 0.1) is 17.2 Å². The zero-order valence-electron chi connectivity index (χ0n) is 16.4. The third-order valence-electron chi connectivity index (χ3n) is 4.16. The summed E-state index contributed by atoms with van der Waals surface area (Å²) in [7, 11) is 0. The number of benzene rings is 2. The first-order valence-electron chi connectivity index (χ1n) is 9.23. The van der Waals surface area contributed by atoms with Crippen molar-refractivity contribution in [2.24, 2.45) is 5.92 Å². The molecule has 0 aliphatic rings. The van der Waals surface area contributed by atoms with Gasteiger partial charge in [0.2, 0.25) is 11.0 Å². The Hall–Kier alpha value is -3.77. The molecule has 1 atom stereocenters. The van der Waals surface area contributed by atoms with E-state index in [1.54, 1.807) is 24.3 Å². The predicted molar refractivity (Wildman–Crippen MR) is 116 cm³/mol. The van der Waals surface area contributed by atoms with E-state index in [0.717, 1.165) is 5.56 Å². The number of hydrogen-bond donors (Lipinski definition) is 3. The number of rotatable bonds is 6. The van der Waals surface area contributed by atoms with Crippen LogP contribution in [0.25, 0.3) is 10.6 Å². The van der Waals surface area contributed by atoms with Gasteiger partial charge in [0.1, 0.15) is 11.0 Å². The van der Waals surface area contributed by atoms with Gasteiger partial charge in [0.15, 0.2) is 0 Å². The van der Waals surface area contributed by atoms with Crippen LogP contribution in [0.2, 0.25) is 0 Å². The third kappa shape index (κ3) is 5.40. The van der Waals surface area contributed by atoms with Gasteiger partial charge in [-0.25, -0.2) is 4.79 Å². The second kappa shape index (κ2) is 9.62. The molecule has 1 heterocycles. The molecule has 1 aromatic heterocycles. The van der Waals surface area contributed by atoms with E-state index in [9.17, 15) is 9.59 Å². The summed E-state index contributed by atoms with van der Waals surface area (Å²) >= 11 is 1.26. The van der Waals surface area contributed by atoms with Gasteiger partial charge >= 0.3 is 6.03 Å². The number of carbonyl (C=O) groups excluding carboxylic acids is 2. The van der Waals surface area contributed by atoms with Gasteiger partial charge in [0.25, 0.3) is 0 Å². The molecule has 3 N–H and O–H groups in total. The SMILES string of the molecule is CC(C)[C@@H](NC(=O)Nc1cccc(C#N)c1)C(=O)Nc1nnc(-c2ccccc2)s1. The van der Waals surface area contributed by atoms with Crippen molar-refractivity contribution >= 4 is 34.1 Å². The lowest BCUT2D eigenvalue weighted by Gasteiger charge is -2.21. The molecule has 0 aliphatic heterocycles. The summed E-state index contributed by atoms with van der Waals surface area (Å²) in [6.45, 7) is 3.66. The maximum absolute atomic E-state index is 12.7. The number of carbonyl (C=O) groups is 2. The molecule has 0 saturated heterocycles. The van der Waals surface area contributed by atoms with Crippen molar-refractivity contribution in [2.75, 3.05) is 10.6 Å². The predicted octanol–water partition coefficient (Wildman–Crippen LogP) is 3.86. The standard InChI is InChI=1S/C21H20N6O2S/c1-13(2)17(24-20(29)23-16-10-6-7-14(11-16)12-22)18(28)25-21-27-26-19(30-21)15-8-4-3-5-9-15/h3-11,13,17H,1-2H3,(H2,23,24,29)(H,25,27,28)/t17-/m1/s1. The zero-order chi connectivity index (χ0) is 21.5. The van der Waals surface area contributed by atoms with Crippen molar-refractivity contribution in [1.29, 1.82) is 5.26 Å². The molecule has 0 bridgehead atoms. The number of aromatic nitrogens is 2. The zero-order valence-corrected chi connectivity index (χ0v) is 17.2. The third-order valence-corrected chi connectivity index (χ3v) is 5.05. The molecule has 9 heteroatoms. The number of urea groups is 1. The molecule has 0 radical (unpaired) electrons. The van der Waals surface area contributed by atoms with E-state index in [1.165, 1.54) is 11.3 Å². The van der Waals surface area contributed by atoms with Crippen LogP contribution in [0.5, 0.6) is 0 Å². The first-order valence-corrected chi connectivity index (χ1v) is 10.1. The van der Waals surface area contributed by atoms with Crippen LogP contribution in [-0.2, 0) is 4.79 Å². The van der Waals surface area contributed by atoms with E-state index < -0.39 is 12.1 Å². The molecule has 0 fully saturated rings. The van der Waals surface area contributed by atoms with Crippen LogP contribution in [0.4, 0.5) is 15.6 Å². The van der Waals surface area contributed by atoms with E-state index in [4.69, 9.17) is 5.26 Å². The van der Waals surface area contributed by atoms with Crippen molar-refractivity contribution in [3.63, 3.8) is 0 Å². The summed E-state index contributed by atoms with van der Waals surface area (Å²) < 4.78 is 0. The number of hydrogen-bond acceptors (Lipinski definition) is 6. The topological polar surface area (TPSA) is 120 Å². The molecular formula is C21H20N6O2S. The number of amides is 3. The Labute approximate surface area is 178 Å². The molecular weight excluding hydrogens is 400 g/mol. The van der Waals surface area contributed by atoms with Crippen molar-refractivity contribution < 1.29 is 9.59 Å². The van der Waals surface area contributed by atoms with Crippen LogP contribution in [-0.4, -0.2) is 28.2 Å². The summed E-state index contributed by atoms with van der Waals surface area (Å²) in [5.74, 6) is -0.551. The summed E-state index contributed by atoms with van der Waals surface area (Å²) in [6, 6.07) is 16.7. The smallest absolute Gasteiger partial charge is 0.319 e. The van der Waals surface area contributed by atoms with Crippen molar-refractivity contribution in [3.05, 3.63) is 60.2 Å². The Morgan fingerprint density at radius 1 is 1.03 bits per heavy atom. The summed E-state index contributed by atoms with van der Waals surface area (Å²) in [6.07, 6.45) is 0. The van der Waals surface area contributed by atoms with Crippen LogP contribution < -0.4 is 16.0 Å². The fourth-order valence-corrected chi connectivity index (χ4v) is 3.42. The molecule has 8 nitrogen and oxygen atoms in total. The van der Waals surface area contributed by atoms with E-state index >= 15 is 0 Å². The average Bonchev–Trinajstić information content (AvgIpc) is 3.21. The van der Waals surface area contributed by atoms with Gasteiger partial charge in [0.05, 0.1) is 11.6 Å². The lowest BCUT2D eigenvalue weighted by atomic mass is 10.0. The van der Waals surface area contributed by atoms with Gasteiger partial charge in [-0.1, -0.05) is 61.6 Å². The Bertz CT molecular complexity index is 1070. The van der Waals surface area contributed by atoms with E-state index in [0.29, 0.717) is 21.4 Å². The molecule has 30 heavy (non-hydrogen) atoms. The van der Waals surface area contributed by atoms with Gasteiger partial charge in [0, 0.05) is 11.3 Å². The summed E-state index contributed by atoms with van der Waals surface area (Å²) in [5, 5.41) is 26.2. The number of nitrogens with zero attached hydrogens (tertiary/aromatic N) is 3. The summed E-state index contributed by atoms with van der Waals surface area (Å²) in [4.78, 5) is 25.1. The highest BCUT2D eigenvalue weighted by Gasteiger charge is 2.25. The van der Waals surface area contributed by atoms with Gasteiger partial charge in [-0.2, -0.15) is 5.26 Å². The monoisotopic (exact) mass is 420 g/mol. The highest BCUT2D eigenvalue weighted by atomic mass is 32.1. The van der Waals surface area contributed by atoms with Crippen LogP contribution in [0.15, 0.2) is 54.6 Å². The van der Waals surface area contributed by atoms with Crippen molar-refractivity contribution in [2.45, 2.75) is 19.9 Å². The van der Waals surface area contributed by atoms with Crippen molar-refractivity contribution in [1.82, 2.24) is 15.5 Å². The maximum Gasteiger partial charge on any atom is 0.319 e. The highest BCUT2D eigenvalue weighted by Crippen LogP contribution is 2.26. The lowest BCUT2D eigenvalue weighted by Crippen LogP contribution is -2.48. The molecule has 0 aliphatic carbocycles. The Kier molecular flexibility index (Phi) is 6.72. The van der Waals surface area contributed by atoms with Crippen LogP contribution in [0.3, 0.4) is 0 Å². The molecule has 0 saturated carbocycles. The van der Waals surface area contributed by atoms with Gasteiger partial charge in [-0.15, -0.1) is 10.2 Å². The van der Waals surface area contributed by atoms with Crippen LogP contribution >= 0.6 is 11.3 Å². The number of anilines is 2. The maximum atomic E-state index is 12.7. The number of nitriles is 1. The largest absolute Gasteiger partial charge is 0.326 e. The molecule has 2 aromatic carbocycles. The molecule has 152 valence electrons. The quantitative estimate of drug-likeness (QED) is 0.559. The molecule has 3 rings (SSSR count). The Balaban J connectivity index is 1.64. The summed E-state index contributed by atoms with van der Waals surface area (Å²) in [5.41, 5.74) is 1.80. The normalized spacial score (nSPS) is 11.4. The number of nitrogens with one attached hydrogen (secondary N) is 3. The van der Waals surface area contributed by atoms with E-state index in [2.05, 4.69) is 26.1 Å². The highest BCUT2D eigenvalue weighted by molar-refractivity contribution is 7.18. The first kappa shape index (κ1) is 21.0. The van der Waals surface area contributed by atoms with Crippen molar-refractivity contribution in [3.8, 4) is 16.6 Å². The molecule has 3 aromatic rings. The Morgan fingerprint density at radius 2 is 1.80 bits per heavy atom. The molecule has 0 unspecified atom stereocenters. The van der Waals surface area contributed by atoms with E-state index in [-0.39, 0.29) is 11.8 Å². The second-order valence-electron chi connectivity index (χ2n) is 6.78.